The third kappa shape index (κ3) is 3.69. The summed E-state index contributed by atoms with van der Waals surface area (Å²) in [6, 6.07) is 24.7. The fraction of sp³-hybridized carbons (Fsp3) is 0.120. The van der Waals surface area contributed by atoms with Crippen LogP contribution in [-0.4, -0.2) is 25.0 Å². The fourth-order valence-electron chi connectivity index (χ4n) is 3.52. The van der Waals surface area contributed by atoms with E-state index in [1.54, 1.807) is 44.7 Å². The van der Waals surface area contributed by atoms with Crippen molar-refractivity contribution in [1.29, 1.82) is 0 Å². The number of pyridine rings is 1. The number of ketones is 1. The smallest absolute Gasteiger partial charge is 0.176 e. The maximum atomic E-state index is 13.6. The molecule has 4 nitrogen and oxygen atoms in total. The molecule has 4 rings (SSSR count). The van der Waals surface area contributed by atoms with Crippen molar-refractivity contribution in [2.45, 2.75) is 5.92 Å². The van der Waals surface area contributed by atoms with E-state index in [4.69, 9.17) is 9.47 Å². The van der Waals surface area contributed by atoms with Gasteiger partial charge in [-0.15, -0.1) is 0 Å². The number of hydrogen-bond donors (Lipinski definition) is 0. The zero-order valence-electron chi connectivity index (χ0n) is 16.3. The molecule has 29 heavy (non-hydrogen) atoms. The first kappa shape index (κ1) is 18.7. The Labute approximate surface area is 169 Å². The first-order valence-corrected chi connectivity index (χ1v) is 9.37. The van der Waals surface area contributed by atoms with Crippen LogP contribution in [0, 0.1) is 0 Å². The summed E-state index contributed by atoms with van der Waals surface area (Å²) in [5.74, 6) is 0.920. The van der Waals surface area contributed by atoms with E-state index in [0.29, 0.717) is 11.3 Å². The molecule has 0 fully saturated rings. The third-order valence-corrected chi connectivity index (χ3v) is 5.06. The van der Waals surface area contributed by atoms with Crippen molar-refractivity contribution in [3.8, 4) is 11.5 Å². The largest absolute Gasteiger partial charge is 0.497 e. The molecule has 0 aliphatic carbocycles. The van der Waals surface area contributed by atoms with Gasteiger partial charge in [0, 0.05) is 17.1 Å². The van der Waals surface area contributed by atoms with Gasteiger partial charge in [0.15, 0.2) is 5.78 Å². The second-order valence-corrected chi connectivity index (χ2v) is 6.72. The van der Waals surface area contributed by atoms with Gasteiger partial charge < -0.3 is 9.47 Å². The fourth-order valence-corrected chi connectivity index (χ4v) is 3.52. The van der Waals surface area contributed by atoms with Crippen molar-refractivity contribution in [2.24, 2.45) is 0 Å². The molecular formula is C25H21NO3. The first-order valence-electron chi connectivity index (χ1n) is 9.37. The van der Waals surface area contributed by atoms with E-state index in [2.05, 4.69) is 4.98 Å². The number of nitrogens with zero attached hydrogens (tertiary/aromatic N) is 1. The van der Waals surface area contributed by atoms with Crippen molar-refractivity contribution in [2.75, 3.05) is 14.2 Å². The summed E-state index contributed by atoms with van der Waals surface area (Å²) in [6.45, 7) is 0. The summed E-state index contributed by atoms with van der Waals surface area (Å²) in [7, 11) is 3.23. The molecular weight excluding hydrogens is 362 g/mol. The summed E-state index contributed by atoms with van der Waals surface area (Å²) in [6.07, 6.45) is 1.76. The van der Waals surface area contributed by atoms with Gasteiger partial charge in [0.1, 0.15) is 11.5 Å². The molecule has 1 unspecified atom stereocenters. The molecule has 0 radical (unpaired) electrons. The SMILES string of the molecule is COc1ccc(C(=O)C(c2ccc(OC)cc2)c2nccc3ccccc23)cc1. The second kappa shape index (κ2) is 8.15. The Bertz CT molecular complexity index is 1130. The van der Waals surface area contributed by atoms with Crippen LogP contribution < -0.4 is 9.47 Å². The predicted molar refractivity (Wildman–Crippen MR) is 114 cm³/mol. The van der Waals surface area contributed by atoms with E-state index in [0.717, 1.165) is 27.8 Å². The molecule has 4 aromatic rings. The van der Waals surface area contributed by atoms with E-state index in [-0.39, 0.29) is 5.78 Å². The van der Waals surface area contributed by atoms with Crippen LogP contribution >= 0.6 is 0 Å². The summed E-state index contributed by atoms with van der Waals surface area (Å²) in [5.41, 5.74) is 2.23. The highest BCUT2D eigenvalue weighted by atomic mass is 16.5. The maximum Gasteiger partial charge on any atom is 0.176 e. The zero-order chi connectivity index (χ0) is 20.2. The number of Topliss-reactive ketones (excluding diaryl/α,β-unsaturated/α-hetero) is 1. The molecule has 144 valence electrons. The number of rotatable bonds is 6. The molecule has 0 bridgehead atoms. The molecule has 0 aliphatic heterocycles. The summed E-state index contributed by atoms with van der Waals surface area (Å²) < 4.78 is 10.5. The van der Waals surface area contributed by atoms with Crippen LogP contribution in [-0.2, 0) is 0 Å². The average molecular weight is 383 g/mol. The van der Waals surface area contributed by atoms with E-state index in [1.807, 2.05) is 54.6 Å². The number of benzene rings is 3. The second-order valence-electron chi connectivity index (χ2n) is 6.72. The van der Waals surface area contributed by atoms with Crippen molar-refractivity contribution in [3.63, 3.8) is 0 Å². The first-order chi connectivity index (χ1) is 14.2. The molecule has 0 spiro atoms. The summed E-state index contributed by atoms with van der Waals surface area (Å²) in [4.78, 5) is 18.3. The van der Waals surface area contributed by atoms with Gasteiger partial charge in [-0.05, 0) is 53.4 Å². The van der Waals surface area contributed by atoms with Crippen LogP contribution in [0.1, 0.15) is 27.5 Å². The lowest BCUT2D eigenvalue weighted by Gasteiger charge is -2.18. The molecule has 0 aliphatic rings. The minimum Gasteiger partial charge on any atom is -0.497 e. The summed E-state index contributed by atoms with van der Waals surface area (Å²) in [5, 5.41) is 2.02. The van der Waals surface area contributed by atoms with Gasteiger partial charge in [0.25, 0.3) is 0 Å². The Morgan fingerprint density at radius 1 is 0.793 bits per heavy atom. The molecule has 0 saturated heterocycles. The molecule has 1 aromatic heterocycles. The predicted octanol–water partition coefficient (Wildman–Crippen LogP) is 5.27. The van der Waals surface area contributed by atoms with Crippen LogP contribution in [0.3, 0.4) is 0 Å². The van der Waals surface area contributed by atoms with E-state index in [9.17, 15) is 4.79 Å². The Morgan fingerprint density at radius 2 is 1.41 bits per heavy atom. The van der Waals surface area contributed by atoms with Gasteiger partial charge in [-0.25, -0.2) is 0 Å². The molecule has 3 aromatic carbocycles. The van der Waals surface area contributed by atoms with Gasteiger partial charge in [-0.1, -0.05) is 36.4 Å². The normalized spacial score (nSPS) is 11.8. The van der Waals surface area contributed by atoms with Crippen LogP contribution in [0.25, 0.3) is 10.8 Å². The van der Waals surface area contributed by atoms with Crippen LogP contribution in [0.4, 0.5) is 0 Å². The van der Waals surface area contributed by atoms with Gasteiger partial charge in [0.05, 0.1) is 25.8 Å². The van der Waals surface area contributed by atoms with Gasteiger partial charge >= 0.3 is 0 Å². The van der Waals surface area contributed by atoms with Gasteiger partial charge in [-0.2, -0.15) is 0 Å². The molecule has 0 N–H and O–H groups in total. The maximum absolute atomic E-state index is 13.6. The number of aromatic nitrogens is 1. The van der Waals surface area contributed by atoms with Gasteiger partial charge in [-0.3, -0.25) is 9.78 Å². The molecule has 0 saturated carbocycles. The Balaban J connectivity index is 1.87. The van der Waals surface area contributed by atoms with E-state index < -0.39 is 5.92 Å². The monoisotopic (exact) mass is 383 g/mol. The number of carbonyl (C=O) groups is 1. The number of ether oxygens (including phenoxy) is 2. The van der Waals surface area contributed by atoms with Crippen LogP contribution in [0.5, 0.6) is 11.5 Å². The quantitative estimate of drug-likeness (QED) is 0.426. The lowest BCUT2D eigenvalue weighted by atomic mass is 9.85. The number of hydrogen-bond acceptors (Lipinski definition) is 4. The third-order valence-electron chi connectivity index (χ3n) is 5.06. The minimum absolute atomic E-state index is 0.0123. The van der Waals surface area contributed by atoms with E-state index in [1.165, 1.54) is 0 Å². The van der Waals surface area contributed by atoms with Crippen LogP contribution in [0.15, 0.2) is 85.1 Å². The highest BCUT2D eigenvalue weighted by Gasteiger charge is 2.27. The van der Waals surface area contributed by atoms with E-state index >= 15 is 0 Å². The highest BCUT2D eigenvalue weighted by molar-refractivity contribution is 6.05. The summed E-state index contributed by atoms with van der Waals surface area (Å²) >= 11 is 0. The minimum atomic E-state index is -0.527. The topological polar surface area (TPSA) is 48.4 Å². The Kier molecular flexibility index (Phi) is 5.25. The van der Waals surface area contributed by atoms with Crippen molar-refractivity contribution in [1.82, 2.24) is 4.98 Å². The Morgan fingerprint density at radius 3 is 2.07 bits per heavy atom. The zero-order valence-corrected chi connectivity index (χ0v) is 16.3. The number of methoxy groups -OCH3 is 2. The van der Waals surface area contributed by atoms with Crippen molar-refractivity contribution >= 4 is 16.6 Å². The molecule has 1 atom stereocenters. The number of carbonyl (C=O) groups excluding carboxylic acids is 1. The van der Waals surface area contributed by atoms with Crippen LogP contribution in [0.2, 0.25) is 0 Å². The molecule has 0 amide bonds. The Hall–Kier alpha value is -3.66. The average Bonchev–Trinajstić information content (AvgIpc) is 2.80. The standard InChI is InChI=1S/C25H21NO3/c1-28-20-11-7-18(8-12-20)23(25(27)19-9-13-21(29-2)14-10-19)24-22-6-4-3-5-17(22)15-16-26-24/h3-16,23H,1-2H3. The van der Waals surface area contributed by atoms with Crippen molar-refractivity contribution in [3.05, 3.63) is 102 Å². The highest BCUT2D eigenvalue weighted by Crippen LogP contribution is 2.33. The lowest BCUT2D eigenvalue weighted by molar-refractivity contribution is 0.0973. The lowest BCUT2D eigenvalue weighted by Crippen LogP contribution is -2.16. The van der Waals surface area contributed by atoms with Crippen molar-refractivity contribution < 1.29 is 14.3 Å². The molecule has 1 heterocycles. The van der Waals surface area contributed by atoms with Gasteiger partial charge in [0.2, 0.25) is 0 Å². The molecule has 4 heteroatoms. The number of fused-ring (bicyclic) bond motifs is 1.